The molecule has 4 heteroatoms. The van der Waals surface area contributed by atoms with Crippen molar-refractivity contribution in [3.05, 3.63) is 65.7 Å². The number of hydrazone groups is 1. The van der Waals surface area contributed by atoms with Gasteiger partial charge in [0.15, 0.2) is 0 Å². The highest BCUT2D eigenvalue weighted by Gasteiger charge is 2.03. The summed E-state index contributed by atoms with van der Waals surface area (Å²) in [6.07, 6.45) is 0. The van der Waals surface area contributed by atoms with Crippen LogP contribution in [0.1, 0.15) is 22.8 Å². The van der Waals surface area contributed by atoms with Crippen molar-refractivity contribution in [1.82, 2.24) is 5.43 Å². The lowest BCUT2D eigenvalue weighted by atomic mass is 10.1. The van der Waals surface area contributed by atoms with Crippen LogP contribution in [0.15, 0.2) is 59.7 Å². The molecule has 0 aliphatic carbocycles. The zero-order chi connectivity index (χ0) is 14.4. The molecule has 0 heterocycles. The zero-order valence-corrected chi connectivity index (χ0v) is 11.5. The summed E-state index contributed by atoms with van der Waals surface area (Å²) in [4.78, 5) is 11.8. The van der Waals surface area contributed by atoms with Crippen LogP contribution in [0.25, 0.3) is 0 Å². The first-order valence-electron chi connectivity index (χ1n) is 6.25. The molecule has 0 bridgehead atoms. The molecule has 0 spiro atoms. The van der Waals surface area contributed by atoms with E-state index in [9.17, 15) is 4.79 Å². The van der Waals surface area contributed by atoms with Crippen LogP contribution in [-0.4, -0.2) is 18.7 Å². The maximum Gasteiger partial charge on any atom is 0.271 e. The molecule has 4 nitrogen and oxygen atoms in total. The molecule has 0 saturated heterocycles. The molecule has 1 amide bonds. The average Bonchev–Trinajstić information content (AvgIpc) is 2.53. The normalized spacial score (nSPS) is 11.0. The molecule has 0 aliphatic rings. The standard InChI is InChI=1S/C16H16N2O2/c1-12(13-8-10-15(20-2)11-9-13)17-18-16(19)14-6-4-3-5-7-14/h3-11H,1-2H3,(H,18,19). The third-order valence-corrected chi connectivity index (χ3v) is 2.87. The van der Waals surface area contributed by atoms with Gasteiger partial charge in [-0.25, -0.2) is 5.43 Å². The van der Waals surface area contributed by atoms with Gasteiger partial charge in [0.05, 0.1) is 12.8 Å². The molecule has 0 unspecified atom stereocenters. The Hall–Kier alpha value is -2.62. The lowest BCUT2D eigenvalue weighted by Crippen LogP contribution is -2.19. The summed E-state index contributed by atoms with van der Waals surface area (Å²) in [7, 11) is 1.62. The molecular weight excluding hydrogens is 252 g/mol. The Bertz CT molecular complexity index is 604. The van der Waals surface area contributed by atoms with Crippen molar-refractivity contribution in [2.45, 2.75) is 6.92 Å². The number of hydrogen-bond donors (Lipinski definition) is 1. The summed E-state index contributed by atoms with van der Waals surface area (Å²) in [6, 6.07) is 16.5. The monoisotopic (exact) mass is 268 g/mol. The van der Waals surface area contributed by atoms with Crippen LogP contribution in [0.4, 0.5) is 0 Å². The number of hydrogen-bond acceptors (Lipinski definition) is 3. The fourth-order valence-corrected chi connectivity index (χ4v) is 1.69. The van der Waals surface area contributed by atoms with E-state index < -0.39 is 0 Å². The first-order chi connectivity index (χ1) is 9.70. The fourth-order valence-electron chi connectivity index (χ4n) is 1.69. The zero-order valence-electron chi connectivity index (χ0n) is 11.5. The molecular formula is C16H16N2O2. The second-order valence-corrected chi connectivity index (χ2v) is 4.23. The van der Waals surface area contributed by atoms with E-state index in [4.69, 9.17) is 4.74 Å². The van der Waals surface area contributed by atoms with E-state index in [1.165, 1.54) is 0 Å². The lowest BCUT2D eigenvalue weighted by Gasteiger charge is -2.04. The summed E-state index contributed by atoms with van der Waals surface area (Å²) >= 11 is 0. The molecule has 1 N–H and O–H groups in total. The number of nitrogens with one attached hydrogen (secondary N) is 1. The third kappa shape index (κ3) is 3.45. The summed E-state index contributed by atoms with van der Waals surface area (Å²) < 4.78 is 5.10. The highest BCUT2D eigenvalue weighted by molar-refractivity contribution is 6.00. The number of carbonyl (C=O) groups excluding carboxylic acids is 1. The second kappa shape index (κ2) is 6.52. The van der Waals surface area contributed by atoms with Crippen molar-refractivity contribution >= 4 is 11.6 Å². The molecule has 20 heavy (non-hydrogen) atoms. The van der Waals surface area contributed by atoms with E-state index in [1.807, 2.05) is 49.4 Å². The lowest BCUT2D eigenvalue weighted by molar-refractivity contribution is 0.0955. The van der Waals surface area contributed by atoms with Gasteiger partial charge in [-0.1, -0.05) is 18.2 Å². The number of ether oxygens (including phenoxy) is 1. The number of nitrogens with zero attached hydrogens (tertiary/aromatic N) is 1. The first-order valence-corrected chi connectivity index (χ1v) is 6.25. The number of amides is 1. The van der Waals surface area contributed by atoms with Crippen molar-refractivity contribution in [2.75, 3.05) is 7.11 Å². The Morgan fingerprint density at radius 1 is 1.00 bits per heavy atom. The SMILES string of the molecule is COc1ccc(C(C)=NNC(=O)c2ccccc2)cc1. The van der Waals surface area contributed by atoms with Crippen LogP contribution in [0, 0.1) is 0 Å². The average molecular weight is 268 g/mol. The molecule has 0 fully saturated rings. The van der Waals surface area contributed by atoms with E-state index in [0.29, 0.717) is 5.56 Å². The van der Waals surface area contributed by atoms with Crippen molar-refractivity contribution in [2.24, 2.45) is 5.10 Å². The van der Waals surface area contributed by atoms with Gasteiger partial charge in [-0.2, -0.15) is 5.10 Å². The largest absolute Gasteiger partial charge is 0.497 e. The quantitative estimate of drug-likeness (QED) is 0.684. The number of methoxy groups -OCH3 is 1. The van der Waals surface area contributed by atoms with Crippen molar-refractivity contribution in [3.8, 4) is 5.75 Å². The first kappa shape index (κ1) is 13.8. The van der Waals surface area contributed by atoms with Crippen LogP contribution in [-0.2, 0) is 0 Å². The molecule has 0 radical (unpaired) electrons. The Morgan fingerprint density at radius 3 is 2.25 bits per heavy atom. The minimum Gasteiger partial charge on any atom is -0.497 e. The van der Waals surface area contributed by atoms with Crippen molar-refractivity contribution < 1.29 is 9.53 Å². The van der Waals surface area contributed by atoms with Crippen LogP contribution < -0.4 is 10.2 Å². The minimum atomic E-state index is -0.224. The summed E-state index contributed by atoms with van der Waals surface area (Å²) in [5.41, 5.74) is 4.79. The Morgan fingerprint density at radius 2 is 1.65 bits per heavy atom. The van der Waals surface area contributed by atoms with E-state index in [0.717, 1.165) is 17.0 Å². The van der Waals surface area contributed by atoms with Gasteiger partial charge in [0, 0.05) is 5.56 Å². The molecule has 0 saturated carbocycles. The van der Waals surface area contributed by atoms with Crippen LogP contribution in [0.3, 0.4) is 0 Å². The number of benzene rings is 2. The topological polar surface area (TPSA) is 50.7 Å². The van der Waals surface area contributed by atoms with E-state index in [-0.39, 0.29) is 5.91 Å². The Balaban J connectivity index is 2.05. The smallest absolute Gasteiger partial charge is 0.271 e. The number of rotatable bonds is 4. The maximum atomic E-state index is 11.8. The minimum absolute atomic E-state index is 0.224. The second-order valence-electron chi connectivity index (χ2n) is 4.23. The highest BCUT2D eigenvalue weighted by atomic mass is 16.5. The van der Waals surface area contributed by atoms with Gasteiger partial charge in [-0.15, -0.1) is 0 Å². The Labute approximate surface area is 118 Å². The predicted molar refractivity (Wildman–Crippen MR) is 79.1 cm³/mol. The molecule has 2 aromatic carbocycles. The van der Waals surface area contributed by atoms with Gasteiger partial charge in [0.2, 0.25) is 0 Å². The van der Waals surface area contributed by atoms with Gasteiger partial charge >= 0.3 is 0 Å². The molecule has 2 aromatic rings. The molecule has 0 atom stereocenters. The van der Waals surface area contributed by atoms with Crippen molar-refractivity contribution in [3.63, 3.8) is 0 Å². The van der Waals surface area contributed by atoms with Crippen LogP contribution in [0.2, 0.25) is 0 Å². The number of carbonyl (C=O) groups is 1. The fraction of sp³-hybridized carbons (Fsp3) is 0.125. The van der Waals surface area contributed by atoms with Crippen LogP contribution in [0.5, 0.6) is 5.75 Å². The summed E-state index contributed by atoms with van der Waals surface area (Å²) in [5, 5.41) is 4.10. The van der Waals surface area contributed by atoms with E-state index in [2.05, 4.69) is 10.5 Å². The molecule has 2 rings (SSSR count). The molecule has 102 valence electrons. The van der Waals surface area contributed by atoms with Crippen LogP contribution >= 0.6 is 0 Å². The predicted octanol–water partition coefficient (Wildman–Crippen LogP) is 2.85. The highest BCUT2D eigenvalue weighted by Crippen LogP contribution is 2.11. The van der Waals surface area contributed by atoms with Gasteiger partial charge < -0.3 is 4.74 Å². The summed E-state index contributed by atoms with van der Waals surface area (Å²) in [6.45, 7) is 1.84. The van der Waals surface area contributed by atoms with Gasteiger partial charge in [0.25, 0.3) is 5.91 Å². The third-order valence-electron chi connectivity index (χ3n) is 2.87. The van der Waals surface area contributed by atoms with Gasteiger partial charge in [-0.3, -0.25) is 4.79 Å². The van der Waals surface area contributed by atoms with Crippen molar-refractivity contribution in [1.29, 1.82) is 0 Å². The maximum absolute atomic E-state index is 11.8. The Kier molecular flexibility index (Phi) is 4.50. The molecule has 0 aromatic heterocycles. The van der Waals surface area contributed by atoms with E-state index >= 15 is 0 Å². The summed E-state index contributed by atoms with van der Waals surface area (Å²) in [5.74, 6) is 0.563. The van der Waals surface area contributed by atoms with E-state index in [1.54, 1.807) is 19.2 Å². The van der Waals surface area contributed by atoms with Gasteiger partial charge in [0.1, 0.15) is 5.75 Å². The van der Waals surface area contributed by atoms with Gasteiger partial charge in [-0.05, 0) is 48.9 Å². The molecule has 0 aliphatic heterocycles.